The number of aromatic nitrogens is 1. The van der Waals surface area contributed by atoms with Gasteiger partial charge in [-0.3, -0.25) is 19.3 Å². The first-order valence-corrected chi connectivity index (χ1v) is 10.2. The number of nitrogens with one attached hydrogen (secondary N) is 1. The van der Waals surface area contributed by atoms with E-state index in [1.54, 1.807) is 0 Å². The third-order valence-electron chi connectivity index (χ3n) is 4.97. The van der Waals surface area contributed by atoms with Crippen LogP contribution in [-0.4, -0.2) is 45.3 Å². The molecule has 2 aromatic rings. The third-order valence-corrected chi connectivity index (χ3v) is 5.93. The Bertz CT molecular complexity index is 1110. The number of fused-ring (bicyclic) bond motifs is 2. The number of carbonyl (C=O) groups is 2. The van der Waals surface area contributed by atoms with Crippen molar-refractivity contribution in [3.05, 3.63) is 63.1 Å². The molecule has 0 unspecified atom stereocenters. The van der Waals surface area contributed by atoms with E-state index in [9.17, 15) is 23.2 Å². The summed E-state index contributed by atoms with van der Waals surface area (Å²) in [6.45, 7) is 0.335. The summed E-state index contributed by atoms with van der Waals surface area (Å²) in [5, 5.41) is 2.44. The molecule has 1 aromatic heterocycles. The van der Waals surface area contributed by atoms with E-state index in [0.717, 1.165) is 6.07 Å². The second kappa shape index (κ2) is 7.95. The van der Waals surface area contributed by atoms with Crippen molar-refractivity contribution in [3.63, 3.8) is 0 Å². The molecule has 3 heterocycles. The number of benzene rings is 1. The molecule has 30 heavy (non-hydrogen) atoms. The molecular formula is C19H16F2IN3O5. The number of carbonyl (C=O) groups excluding carboxylic acids is 2. The molecule has 0 aliphatic carbocycles. The molecule has 1 N–H and O–H groups in total. The third kappa shape index (κ3) is 3.45. The molecule has 8 nitrogen and oxygen atoms in total. The van der Waals surface area contributed by atoms with Crippen molar-refractivity contribution in [3.8, 4) is 5.75 Å². The van der Waals surface area contributed by atoms with Crippen LogP contribution in [0.4, 0.5) is 8.78 Å². The Labute approximate surface area is 182 Å². The van der Waals surface area contributed by atoms with Crippen molar-refractivity contribution >= 4 is 34.4 Å². The van der Waals surface area contributed by atoms with E-state index >= 15 is 0 Å². The van der Waals surface area contributed by atoms with Crippen LogP contribution in [0, 0.1) is 11.6 Å². The molecule has 0 bridgehead atoms. The minimum absolute atomic E-state index is 0.0482. The lowest BCUT2D eigenvalue weighted by Gasteiger charge is -2.33. The first-order valence-electron chi connectivity index (χ1n) is 8.93. The minimum Gasteiger partial charge on any atom is -0.491 e. The fourth-order valence-electron chi connectivity index (χ4n) is 3.51. The maximum Gasteiger partial charge on any atom is 0.277 e. The van der Waals surface area contributed by atoms with Crippen LogP contribution in [0.2, 0.25) is 0 Å². The Kier molecular flexibility index (Phi) is 5.49. The van der Waals surface area contributed by atoms with Crippen LogP contribution in [0.3, 0.4) is 0 Å². The highest BCUT2D eigenvalue weighted by molar-refractivity contribution is 14.1. The standard InChI is InChI=1S/C19H16F2IN3O5/c1-29-17-15-19(28)25-13(22)8-30-14(25)7-24(15)6-11(16(17)26)18(27)23-5-9-2-3-10(20)4-12(9)21/h2-4,6,13-14H,5,7-8H2,1H3,(H,23,27)/t13-,14-/m1/s1. The van der Waals surface area contributed by atoms with E-state index in [-0.39, 0.29) is 39.7 Å². The number of nitrogens with zero attached hydrogens (tertiary/aromatic N) is 2. The van der Waals surface area contributed by atoms with Gasteiger partial charge in [0.05, 0.1) is 20.3 Å². The predicted molar refractivity (Wildman–Crippen MR) is 108 cm³/mol. The molecule has 2 aliphatic rings. The van der Waals surface area contributed by atoms with Crippen molar-refractivity contribution in [2.45, 2.75) is 23.4 Å². The second-order valence-electron chi connectivity index (χ2n) is 6.76. The Morgan fingerprint density at radius 2 is 2.13 bits per heavy atom. The van der Waals surface area contributed by atoms with Crippen LogP contribution in [0.1, 0.15) is 26.4 Å². The number of amides is 2. The first-order chi connectivity index (χ1) is 14.3. The number of hydrogen-bond acceptors (Lipinski definition) is 5. The Morgan fingerprint density at radius 3 is 2.83 bits per heavy atom. The van der Waals surface area contributed by atoms with E-state index in [1.807, 2.05) is 0 Å². The zero-order chi connectivity index (χ0) is 21.6. The van der Waals surface area contributed by atoms with E-state index in [0.29, 0.717) is 12.7 Å². The molecule has 0 spiro atoms. The summed E-state index contributed by atoms with van der Waals surface area (Å²) in [5.74, 6) is -2.98. The van der Waals surface area contributed by atoms with Gasteiger partial charge in [0.25, 0.3) is 11.8 Å². The van der Waals surface area contributed by atoms with Gasteiger partial charge in [-0.15, -0.1) is 0 Å². The molecule has 1 saturated heterocycles. The lowest BCUT2D eigenvalue weighted by Crippen LogP contribution is -2.48. The average molecular weight is 531 g/mol. The molecule has 1 aromatic carbocycles. The number of rotatable bonds is 4. The van der Waals surface area contributed by atoms with Gasteiger partial charge >= 0.3 is 0 Å². The average Bonchev–Trinajstić information content (AvgIpc) is 3.08. The van der Waals surface area contributed by atoms with Crippen LogP contribution in [0.5, 0.6) is 5.75 Å². The number of pyridine rings is 1. The molecule has 158 valence electrons. The number of ether oxygens (including phenoxy) is 2. The van der Waals surface area contributed by atoms with Gasteiger partial charge in [-0.2, -0.15) is 0 Å². The number of methoxy groups -OCH3 is 1. The van der Waals surface area contributed by atoms with Crippen molar-refractivity contribution in [1.82, 2.24) is 14.8 Å². The highest BCUT2D eigenvalue weighted by Crippen LogP contribution is 2.32. The minimum atomic E-state index is -0.813. The van der Waals surface area contributed by atoms with Crippen LogP contribution in [0.25, 0.3) is 0 Å². The fraction of sp³-hybridized carbons (Fsp3) is 0.316. The predicted octanol–water partition coefficient (Wildman–Crippen LogP) is 1.64. The molecule has 2 atom stereocenters. The van der Waals surface area contributed by atoms with Gasteiger partial charge in [0.15, 0.2) is 17.7 Å². The zero-order valence-electron chi connectivity index (χ0n) is 15.7. The Balaban J connectivity index is 1.66. The summed E-state index contributed by atoms with van der Waals surface area (Å²) >= 11 is 2.08. The monoisotopic (exact) mass is 531 g/mol. The van der Waals surface area contributed by atoms with Crippen molar-refractivity contribution < 1.29 is 27.8 Å². The maximum absolute atomic E-state index is 13.8. The van der Waals surface area contributed by atoms with Gasteiger partial charge in [0.1, 0.15) is 21.2 Å². The summed E-state index contributed by atoms with van der Waals surface area (Å²) in [5.41, 5.74) is -0.902. The molecular weight excluding hydrogens is 515 g/mol. The molecule has 11 heteroatoms. The summed E-state index contributed by atoms with van der Waals surface area (Å²) in [6, 6.07) is 2.98. The van der Waals surface area contributed by atoms with E-state index in [1.165, 1.54) is 28.8 Å². The number of hydrogen-bond donors (Lipinski definition) is 1. The quantitative estimate of drug-likeness (QED) is 0.368. The van der Waals surface area contributed by atoms with Crippen LogP contribution < -0.4 is 15.5 Å². The Morgan fingerprint density at radius 1 is 1.37 bits per heavy atom. The van der Waals surface area contributed by atoms with Crippen molar-refractivity contribution in [2.24, 2.45) is 0 Å². The Hall–Kier alpha value is -2.54. The lowest BCUT2D eigenvalue weighted by atomic mass is 10.1. The molecule has 0 radical (unpaired) electrons. The van der Waals surface area contributed by atoms with E-state index in [2.05, 4.69) is 27.9 Å². The molecule has 4 rings (SSSR count). The molecule has 1 fully saturated rings. The zero-order valence-corrected chi connectivity index (χ0v) is 17.8. The van der Waals surface area contributed by atoms with Gasteiger partial charge in [-0.05, 0) is 6.07 Å². The smallest absolute Gasteiger partial charge is 0.277 e. The second-order valence-corrected chi connectivity index (χ2v) is 8.20. The SMILES string of the molecule is COc1c2n(cc(C(=O)NCc3ccc(F)cc3F)c1=O)C[C@H]1OC[C@H](I)N1C2=O. The summed E-state index contributed by atoms with van der Waals surface area (Å²) < 4.78 is 38.9. The lowest BCUT2D eigenvalue weighted by molar-refractivity contribution is 0.00804. The van der Waals surface area contributed by atoms with Gasteiger partial charge in [-0.1, -0.05) is 28.7 Å². The topological polar surface area (TPSA) is 89.9 Å². The fourth-order valence-corrected chi connectivity index (χ4v) is 4.33. The molecule has 2 aliphatic heterocycles. The molecule has 0 saturated carbocycles. The van der Waals surface area contributed by atoms with Crippen molar-refractivity contribution in [2.75, 3.05) is 13.7 Å². The van der Waals surface area contributed by atoms with Gasteiger partial charge in [0, 0.05) is 24.4 Å². The highest BCUT2D eigenvalue weighted by Gasteiger charge is 2.43. The maximum atomic E-state index is 13.8. The number of halogens is 3. The summed E-state index contributed by atoms with van der Waals surface area (Å²) in [7, 11) is 1.24. The largest absolute Gasteiger partial charge is 0.491 e. The van der Waals surface area contributed by atoms with Crippen LogP contribution >= 0.6 is 22.6 Å². The van der Waals surface area contributed by atoms with Crippen LogP contribution in [-0.2, 0) is 17.8 Å². The van der Waals surface area contributed by atoms with Gasteiger partial charge in [0.2, 0.25) is 5.43 Å². The summed E-state index contributed by atoms with van der Waals surface area (Å²) in [4.78, 5) is 39.9. The van der Waals surface area contributed by atoms with Crippen molar-refractivity contribution in [1.29, 1.82) is 0 Å². The highest BCUT2D eigenvalue weighted by atomic mass is 127. The van der Waals surface area contributed by atoms with E-state index in [4.69, 9.17) is 9.47 Å². The normalized spacial score (nSPS) is 20.0. The number of alkyl halides is 1. The van der Waals surface area contributed by atoms with E-state index < -0.39 is 35.1 Å². The van der Waals surface area contributed by atoms with Gasteiger partial charge in [-0.25, -0.2) is 8.78 Å². The first kappa shape index (κ1) is 20.7. The van der Waals surface area contributed by atoms with Gasteiger partial charge < -0.3 is 19.4 Å². The van der Waals surface area contributed by atoms with Crippen LogP contribution in [0.15, 0.2) is 29.2 Å². The molecule has 2 amide bonds. The summed E-state index contributed by atoms with van der Waals surface area (Å²) in [6.07, 6.45) is 0.763.